The van der Waals surface area contributed by atoms with Gasteiger partial charge >= 0.3 is 0 Å². The number of benzene rings is 2. The highest BCUT2D eigenvalue weighted by molar-refractivity contribution is 5.96. The molecule has 0 unspecified atom stereocenters. The van der Waals surface area contributed by atoms with Crippen LogP contribution in [0.4, 0.5) is 5.69 Å². The second kappa shape index (κ2) is 5.81. The Morgan fingerprint density at radius 3 is 2.55 bits per heavy atom. The molecule has 2 aromatic carbocycles. The van der Waals surface area contributed by atoms with E-state index in [-0.39, 0.29) is 0 Å². The Morgan fingerprint density at radius 2 is 1.75 bits per heavy atom. The molecule has 0 amide bonds. The second-order valence-corrected chi connectivity index (χ2v) is 5.64. The van der Waals surface area contributed by atoms with E-state index in [4.69, 9.17) is 5.73 Å². The van der Waals surface area contributed by atoms with Crippen LogP contribution in [0.5, 0.6) is 0 Å². The van der Waals surface area contributed by atoms with Gasteiger partial charge in [0.1, 0.15) is 0 Å². The van der Waals surface area contributed by atoms with Gasteiger partial charge in [0.15, 0.2) is 0 Å². The number of fused-ring (bicyclic) bond motifs is 1. The van der Waals surface area contributed by atoms with Crippen LogP contribution in [-0.2, 0) is 6.54 Å². The van der Waals surface area contributed by atoms with Crippen molar-refractivity contribution in [1.29, 1.82) is 0 Å². The summed E-state index contributed by atoms with van der Waals surface area (Å²) in [6.45, 7) is 5.16. The fraction of sp³-hybridized carbons (Fsp3) is 0.412. The molecule has 0 spiro atoms. The average molecular weight is 269 g/mol. The van der Waals surface area contributed by atoms with Gasteiger partial charge in [0.25, 0.3) is 0 Å². The molecule has 106 valence electrons. The second-order valence-electron chi connectivity index (χ2n) is 5.64. The van der Waals surface area contributed by atoms with E-state index in [1.807, 2.05) is 0 Å². The van der Waals surface area contributed by atoms with Crippen molar-refractivity contribution in [3.8, 4) is 0 Å². The highest BCUT2D eigenvalue weighted by Crippen LogP contribution is 2.30. The third kappa shape index (κ3) is 2.51. The average Bonchev–Trinajstić information content (AvgIpc) is 2.71. The van der Waals surface area contributed by atoms with Crippen LogP contribution >= 0.6 is 0 Å². The molecule has 1 aliphatic heterocycles. The van der Waals surface area contributed by atoms with Gasteiger partial charge in [-0.3, -0.25) is 0 Å². The van der Waals surface area contributed by atoms with Crippen LogP contribution in [0.1, 0.15) is 12.0 Å². The Kier molecular flexibility index (Phi) is 3.90. The van der Waals surface area contributed by atoms with Crippen LogP contribution in [0.3, 0.4) is 0 Å². The van der Waals surface area contributed by atoms with Crippen molar-refractivity contribution in [2.24, 2.45) is 5.73 Å². The first-order chi connectivity index (χ1) is 9.79. The van der Waals surface area contributed by atoms with Crippen LogP contribution < -0.4 is 10.6 Å². The molecule has 0 bridgehead atoms. The third-order valence-electron chi connectivity index (χ3n) is 4.27. The van der Waals surface area contributed by atoms with Gasteiger partial charge in [-0.15, -0.1) is 0 Å². The summed E-state index contributed by atoms with van der Waals surface area (Å²) in [6, 6.07) is 13.1. The lowest BCUT2D eigenvalue weighted by molar-refractivity contribution is 0.360. The summed E-state index contributed by atoms with van der Waals surface area (Å²) < 4.78 is 0. The highest BCUT2D eigenvalue weighted by Gasteiger charge is 2.15. The number of likely N-dealkylation sites (N-methyl/N-ethyl adjacent to an activating group) is 1. The predicted molar refractivity (Wildman–Crippen MR) is 86.2 cm³/mol. The monoisotopic (exact) mass is 269 g/mol. The zero-order chi connectivity index (χ0) is 13.9. The van der Waals surface area contributed by atoms with Crippen LogP contribution in [0.15, 0.2) is 36.4 Å². The van der Waals surface area contributed by atoms with Gasteiger partial charge in [-0.1, -0.05) is 30.3 Å². The molecule has 0 aromatic heterocycles. The number of rotatable bonds is 2. The molecule has 20 heavy (non-hydrogen) atoms. The minimum atomic E-state index is 0.601. The summed E-state index contributed by atoms with van der Waals surface area (Å²) in [4.78, 5) is 4.93. The van der Waals surface area contributed by atoms with Crippen molar-refractivity contribution in [1.82, 2.24) is 4.90 Å². The Morgan fingerprint density at radius 1 is 0.950 bits per heavy atom. The van der Waals surface area contributed by atoms with Crippen LogP contribution in [-0.4, -0.2) is 38.1 Å². The van der Waals surface area contributed by atoms with Crippen molar-refractivity contribution in [3.05, 3.63) is 42.0 Å². The molecule has 1 heterocycles. The molecular weight excluding hydrogens is 246 g/mol. The summed E-state index contributed by atoms with van der Waals surface area (Å²) in [6.07, 6.45) is 1.23. The molecule has 1 saturated heterocycles. The largest absolute Gasteiger partial charge is 0.370 e. The molecule has 0 atom stereocenters. The van der Waals surface area contributed by atoms with E-state index in [9.17, 15) is 0 Å². The Labute approximate surface area is 121 Å². The standard InChI is InChI=1S/C17H23N3/c1-19-9-4-10-20(12-11-19)17-8-7-14(13-18)15-5-2-3-6-16(15)17/h2-3,5-8H,4,9-13,18H2,1H3. The van der Waals surface area contributed by atoms with Crippen LogP contribution in [0.2, 0.25) is 0 Å². The molecule has 0 aliphatic carbocycles. The maximum Gasteiger partial charge on any atom is 0.0446 e. The van der Waals surface area contributed by atoms with Crippen molar-refractivity contribution in [2.75, 3.05) is 38.1 Å². The molecule has 3 rings (SSSR count). The summed E-state index contributed by atoms with van der Waals surface area (Å²) >= 11 is 0. The molecule has 3 heteroatoms. The van der Waals surface area contributed by atoms with E-state index in [1.165, 1.54) is 35.0 Å². The maximum atomic E-state index is 5.87. The first-order valence-corrected chi connectivity index (χ1v) is 7.44. The van der Waals surface area contributed by atoms with Gasteiger partial charge in [-0.25, -0.2) is 0 Å². The topological polar surface area (TPSA) is 32.5 Å². The quantitative estimate of drug-likeness (QED) is 0.909. The first kappa shape index (κ1) is 13.4. The van der Waals surface area contributed by atoms with Gasteiger partial charge in [0.05, 0.1) is 0 Å². The molecule has 1 fully saturated rings. The minimum absolute atomic E-state index is 0.601. The Bertz CT molecular complexity index is 594. The lowest BCUT2D eigenvalue weighted by atomic mass is 10.0. The van der Waals surface area contributed by atoms with E-state index >= 15 is 0 Å². The normalized spacial score (nSPS) is 17.4. The van der Waals surface area contributed by atoms with Crippen molar-refractivity contribution < 1.29 is 0 Å². The van der Waals surface area contributed by atoms with Gasteiger partial charge in [-0.2, -0.15) is 0 Å². The van der Waals surface area contributed by atoms with Crippen molar-refractivity contribution in [2.45, 2.75) is 13.0 Å². The molecule has 2 aromatic rings. The summed E-state index contributed by atoms with van der Waals surface area (Å²) in [5, 5.41) is 2.63. The van der Waals surface area contributed by atoms with E-state index in [1.54, 1.807) is 0 Å². The van der Waals surface area contributed by atoms with Gasteiger partial charge < -0.3 is 15.5 Å². The molecule has 2 N–H and O–H groups in total. The fourth-order valence-corrected chi connectivity index (χ4v) is 3.09. The van der Waals surface area contributed by atoms with Crippen molar-refractivity contribution in [3.63, 3.8) is 0 Å². The van der Waals surface area contributed by atoms with Gasteiger partial charge in [-0.05, 0) is 37.0 Å². The Balaban J connectivity index is 2.03. The van der Waals surface area contributed by atoms with Gasteiger partial charge in [0.2, 0.25) is 0 Å². The van der Waals surface area contributed by atoms with E-state index in [0.717, 1.165) is 19.6 Å². The summed E-state index contributed by atoms with van der Waals surface area (Å²) in [5.41, 5.74) is 8.45. The lowest BCUT2D eigenvalue weighted by Crippen LogP contribution is -2.28. The number of hydrogen-bond donors (Lipinski definition) is 1. The minimum Gasteiger partial charge on any atom is -0.370 e. The lowest BCUT2D eigenvalue weighted by Gasteiger charge is -2.25. The number of nitrogens with zero attached hydrogens (tertiary/aromatic N) is 2. The number of nitrogens with two attached hydrogens (primary N) is 1. The predicted octanol–water partition coefficient (Wildman–Crippen LogP) is 2.44. The molecule has 0 saturated carbocycles. The van der Waals surface area contributed by atoms with Gasteiger partial charge in [0, 0.05) is 37.3 Å². The van der Waals surface area contributed by atoms with Crippen LogP contribution in [0.25, 0.3) is 10.8 Å². The van der Waals surface area contributed by atoms with E-state index in [2.05, 4.69) is 53.2 Å². The smallest absolute Gasteiger partial charge is 0.0446 e. The Hall–Kier alpha value is -1.58. The zero-order valence-electron chi connectivity index (χ0n) is 12.2. The molecule has 3 nitrogen and oxygen atoms in total. The molecule has 0 radical (unpaired) electrons. The SMILES string of the molecule is CN1CCCN(c2ccc(CN)c3ccccc23)CC1. The summed E-state index contributed by atoms with van der Waals surface area (Å²) in [7, 11) is 2.21. The van der Waals surface area contributed by atoms with E-state index < -0.39 is 0 Å². The zero-order valence-corrected chi connectivity index (χ0v) is 12.2. The first-order valence-electron chi connectivity index (χ1n) is 7.44. The molecule has 1 aliphatic rings. The van der Waals surface area contributed by atoms with E-state index in [0.29, 0.717) is 6.54 Å². The molecular formula is C17H23N3. The van der Waals surface area contributed by atoms with Crippen molar-refractivity contribution >= 4 is 16.5 Å². The highest BCUT2D eigenvalue weighted by atomic mass is 15.2. The number of anilines is 1. The third-order valence-corrected chi connectivity index (χ3v) is 4.27. The maximum absolute atomic E-state index is 5.87. The fourth-order valence-electron chi connectivity index (χ4n) is 3.09. The number of hydrogen-bond acceptors (Lipinski definition) is 3. The summed E-state index contributed by atoms with van der Waals surface area (Å²) in [5.74, 6) is 0. The van der Waals surface area contributed by atoms with Crippen LogP contribution in [0, 0.1) is 0 Å².